The lowest BCUT2D eigenvalue weighted by Crippen LogP contribution is -2.21. The molecule has 0 spiro atoms. The first-order valence-corrected chi connectivity index (χ1v) is 8.60. The number of halogens is 1. The van der Waals surface area contributed by atoms with Crippen LogP contribution in [0.5, 0.6) is 11.5 Å². The number of benzene rings is 2. The van der Waals surface area contributed by atoms with E-state index < -0.39 is 0 Å². The van der Waals surface area contributed by atoms with Crippen LogP contribution in [0.3, 0.4) is 0 Å². The Morgan fingerprint density at radius 2 is 2.04 bits per heavy atom. The molecule has 2 rings (SSSR count). The lowest BCUT2D eigenvalue weighted by atomic mass is 10.1. The highest BCUT2D eigenvalue weighted by atomic mass is 79.9. The van der Waals surface area contributed by atoms with Gasteiger partial charge in [0.15, 0.2) is 18.1 Å². The fourth-order valence-electron chi connectivity index (χ4n) is 2.25. The summed E-state index contributed by atoms with van der Waals surface area (Å²) in [5.74, 6) is 0.553. The zero-order chi connectivity index (χ0) is 18.4. The molecule has 0 saturated heterocycles. The van der Waals surface area contributed by atoms with Crippen LogP contribution >= 0.6 is 15.9 Å². The third kappa shape index (κ3) is 4.74. The maximum atomic E-state index is 12.2. The summed E-state index contributed by atoms with van der Waals surface area (Å²) in [7, 11) is 0. The van der Waals surface area contributed by atoms with E-state index >= 15 is 0 Å². The molecule has 5 nitrogen and oxygen atoms in total. The number of carbonyl (C=O) groups excluding carboxylic acids is 1. The Morgan fingerprint density at radius 3 is 2.72 bits per heavy atom. The number of hydrogen-bond acceptors (Lipinski definition) is 4. The smallest absolute Gasteiger partial charge is 0.262 e. The number of carbonyl (C=O) groups is 1. The van der Waals surface area contributed by atoms with Crippen molar-refractivity contribution in [3.8, 4) is 17.6 Å². The molecule has 130 valence electrons. The molecule has 0 fully saturated rings. The minimum atomic E-state index is -0.271. The number of nitriles is 1. The summed E-state index contributed by atoms with van der Waals surface area (Å²) in [5.41, 5.74) is 3.33. The molecule has 0 aliphatic heterocycles. The normalized spacial score (nSPS) is 10.0. The first kappa shape index (κ1) is 18.8. The van der Waals surface area contributed by atoms with Crippen LogP contribution in [0.1, 0.15) is 23.6 Å². The van der Waals surface area contributed by atoms with Gasteiger partial charge in [-0.15, -0.1) is 0 Å². The van der Waals surface area contributed by atoms with Crippen LogP contribution < -0.4 is 14.8 Å². The quantitative estimate of drug-likeness (QED) is 0.778. The average molecular weight is 403 g/mol. The van der Waals surface area contributed by atoms with Crippen molar-refractivity contribution < 1.29 is 14.3 Å². The van der Waals surface area contributed by atoms with Crippen LogP contribution in [-0.4, -0.2) is 19.1 Å². The van der Waals surface area contributed by atoms with E-state index in [9.17, 15) is 4.79 Å². The van der Waals surface area contributed by atoms with Crippen LogP contribution in [0.4, 0.5) is 5.69 Å². The van der Waals surface area contributed by atoms with Crippen molar-refractivity contribution in [1.29, 1.82) is 5.26 Å². The van der Waals surface area contributed by atoms with Crippen molar-refractivity contribution in [3.05, 3.63) is 51.5 Å². The lowest BCUT2D eigenvalue weighted by Gasteiger charge is -2.15. The van der Waals surface area contributed by atoms with Crippen LogP contribution in [-0.2, 0) is 4.79 Å². The van der Waals surface area contributed by atoms with Gasteiger partial charge in [0.1, 0.15) is 0 Å². The van der Waals surface area contributed by atoms with Gasteiger partial charge in [0, 0.05) is 11.8 Å². The number of nitrogens with one attached hydrogen (secondary N) is 1. The van der Waals surface area contributed by atoms with Crippen molar-refractivity contribution in [2.45, 2.75) is 20.8 Å². The Kier molecular flexibility index (Phi) is 6.43. The topological polar surface area (TPSA) is 71.3 Å². The summed E-state index contributed by atoms with van der Waals surface area (Å²) in [4.78, 5) is 12.2. The van der Waals surface area contributed by atoms with E-state index in [1.165, 1.54) is 0 Å². The molecule has 1 amide bonds. The van der Waals surface area contributed by atoms with Crippen molar-refractivity contribution in [2.24, 2.45) is 0 Å². The molecule has 0 aromatic heterocycles. The summed E-state index contributed by atoms with van der Waals surface area (Å²) < 4.78 is 11.7. The van der Waals surface area contributed by atoms with Crippen molar-refractivity contribution in [3.63, 3.8) is 0 Å². The SMILES string of the molecule is CCOc1cc(C#N)cc(Br)c1OCC(=O)Nc1cccc(C)c1C. The molecule has 2 aromatic carbocycles. The third-order valence-corrected chi connectivity index (χ3v) is 4.25. The molecule has 1 N–H and O–H groups in total. The van der Waals surface area contributed by atoms with E-state index in [0.717, 1.165) is 16.8 Å². The maximum Gasteiger partial charge on any atom is 0.262 e. The van der Waals surface area contributed by atoms with Gasteiger partial charge in [-0.1, -0.05) is 12.1 Å². The predicted octanol–water partition coefficient (Wildman–Crippen LogP) is 4.35. The van der Waals surface area contributed by atoms with Gasteiger partial charge in [0.05, 0.1) is 22.7 Å². The molecule has 0 unspecified atom stereocenters. The van der Waals surface area contributed by atoms with Gasteiger partial charge in [-0.05, 0) is 60.0 Å². The van der Waals surface area contributed by atoms with Gasteiger partial charge in [-0.3, -0.25) is 4.79 Å². The van der Waals surface area contributed by atoms with Crippen molar-refractivity contribution in [2.75, 3.05) is 18.5 Å². The van der Waals surface area contributed by atoms with Crippen molar-refractivity contribution >= 4 is 27.5 Å². The number of rotatable bonds is 6. The molecule has 0 aliphatic rings. The average Bonchev–Trinajstić information content (AvgIpc) is 2.58. The van der Waals surface area contributed by atoms with Crippen molar-refractivity contribution in [1.82, 2.24) is 0 Å². The first-order valence-electron chi connectivity index (χ1n) is 7.81. The molecule has 6 heteroatoms. The van der Waals surface area contributed by atoms with Gasteiger partial charge in [-0.2, -0.15) is 5.26 Å². The second-order valence-corrected chi connectivity index (χ2v) is 6.27. The molecule has 25 heavy (non-hydrogen) atoms. The molecule has 0 saturated carbocycles. The number of ether oxygens (including phenoxy) is 2. The monoisotopic (exact) mass is 402 g/mol. The summed E-state index contributed by atoms with van der Waals surface area (Å²) in [6.07, 6.45) is 0. The van der Waals surface area contributed by atoms with Crippen LogP contribution in [0.25, 0.3) is 0 Å². The molecule has 0 bridgehead atoms. The zero-order valence-electron chi connectivity index (χ0n) is 14.4. The molecule has 0 radical (unpaired) electrons. The van der Waals surface area contributed by atoms with E-state index in [4.69, 9.17) is 14.7 Å². The van der Waals surface area contributed by atoms with Gasteiger partial charge >= 0.3 is 0 Å². The standard InChI is InChI=1S/C19H19BrN2O3/c1-4-24-17-9-14(10-21)8-15(20)19(17)25-11-18(23)22-16-7-5-6-12(2)13(16)3/h5-9H,4,11H2,1-3H3,(H,22,23). The largest absolute Gasteiger partial charge is 0.490 e. The number of hydrogen-bond donors (Lipinski definition) is 1. The molecule has 0 aliphatic carbocycles. The minimum absolute atomic E-state index is 0.169. The Hall–Kier alpha value is -2.52. The van der Waals surface area contributed by atoms with Crippen LogP contribution in [0.2, 0.25) is 0 Å². The first-order chi connectivity index (χ1) is 12.0. The number of nitrogens with zero attached hydrogens (tertiary/aromatic N) is 1. The van der Waals surface area contributed by atoms with E-state index in [0.29, 0.717) is 28.1 Å². The molecule has 0 heterocycles. The van der Waals surface area contributed by atoms with E-state index in [-0.39, 0.29) is 12.5 Å². The van der Waals surface area contributed by atoms with E-state index in [1.807, 2.05) is 39.0 Å². The second kappa shape index (κ2) is 8.54. The summed E-state index contributed by atoms with van der Waals surface area (Å²) in [5, 5.41) is 11.9. The Labute approximate surface area is 155 Å². The molecule has 2 aromatic rings. The second-order valence-electron chi connectivity index (χ2n) is 5.41. The molecule has 0 atom stereocenters. The van der Waals surface area contributed by atoms with Crippen LogP contribution in [0.15, 0.2) is 34.8 Å². The van der Waals surface area contributed by atoms with Gasteiger partial charge < -0.3 is 14.8 Å². The Morgan fingerprint density at radius 1 is 1.28 bits per heavy atom. The Bertz CT molecular complexity index is 828. The highest BCUT2D eigenvalue weighted by Crippen LogP contribution is 2.36. The molecular formula is C19H19BrN2O3. The summed E-state index contributed by atoms with van der Waals surface area (Å²) in [6.45, 7) is 6.04. The highest BCUT2D eigenvalue weighted by molar-refractivity contribution is 9.10. The number of anilines is 1. The zero-order valence-corrected chi connectivity index (χ0v) is 15.9. The van der Waals surface area contributed by atoms with Crippen LogP contribution in [0, 0.1) is 25.2 Å². The lowest BCUT2D eigenvalue weighted by molar-refractivity contribution is -0.118. The third-order valence-electron chi connectivity index (χ3n) is 3.66. The van der Waals surface area contributed by atoms with Gasteiger partial charge in [0.25, 0.3) is 5.91 Å². The maximum absolute atomic E-state index is 12.2. The molecular weight excluding hydrogens is 384 g/mol. The number of aryl methyl sites for hydroxylation is 1. The fourth-order valence-corrected chi connectivity index (χ4v) is 2.80. The van der Waals surface area contributed by atoms with Gasteiger partial charge in [-0.25, -0.2) is 0 Å². The minimum Gasteiger partial charge on any atom is -0.490 e. The van der Waals surface area contributed by atoms with E-state index in [2.05, 4.69) is 27.3 Å². The predicted molar refractivity (Wildman–Crippen MR) is 100 cm³/mol. The fraction of sp³-hybridized carbons (Fsp3) is 0.263. The van der Waals surface area contributed by atoms with E-state index in [1.54, 1.807) is 12.1 Å². The summed E-state index contributed by atoms with van der Waals surface area (Å²) >= 11 is 3.36. The highest BCUT2D eigenvalue weighted by Gasteiger charge is 2.14. The summed E-state index contributed by atoms with van der Waals surface area (Å²) in [6, 6.07) is 11.0. The Balaban J connectivity index is 2.11. The number of amides is 1. The van der Waals surface area contributed by atoms with Gasteiger partial charge in [0.2, 0.25) is 0 Å².